The van der Waals surface area contributed by atoms with E-state index in [9.17, 15) is 0 Å². The van der Waals surface area contributed by atoms with Gasteiger partial charge in [0.1, 0.15) is 0 Å². The van der Waals surface area contributed by atoms with Gasteiger partial charge < -0.3 is 5.73 Å². The molecule has 0 saturated heterocycles. The van der Waals surface area contributed by atoms with E-state index in [1.54, 1.807) is 4.68 Å². The number of aromatic nitrogens is 4. The highest BCUT2D eigenvalue weighted by molar-refractivity contribution is 5.71. The summed E-state index contributed by atoms with van der Waals surface area (Å²) in [5.41, 5.74) is 9.89. The third-order valence-corrected chi connectivity index (χ3v) is 3.15. The first-order valence-electron chi connectivity index (χ1n) is 6.40. The largest absolute Gasteiger partial charge is 0.398 e. The van der Waals surface area contributed by atoms with Gasteiger partial charge in [-0.05, 0) is 35.0 Å². The standard InChI is InChI=1S/C15H15N5/c1-11-5-4-6-12(9-11)10-20-15(17-18-19-20)13-7-2-3-8-14(13)16/h2-9H,10,16H2,1H3. The fourth-order valence-corrected chi connectivity index (χ4v) is 2.19. The van der Waals surface area contributed by atoms with E-state index in [1.807, 2.05) is 30.3 Å². The fourth-order valence-electron chi connectivity index (χ4n) is 2.19. The molecule has 20 heavy (non-hydrogen) atoms. The molecule has 0 unspecified atom stereocenters. The van der Waals surface area contributed by atoms with Crippen molar-refractivity contribution in [3.8, 4) is 11.4 Å². The van der Waals surface area contributed by atoms with E-state index in [4.69, 9.17) is 5.73 Å². The minimum absolute atomic E-state index is 0.623. The maximum Gasteiger partial charge on any atom is 0.184 e. The van der Waals surface area contributed by atoms with Crippen LogP contribution in [-0.4, -0.2) is 20.2 Å². The minimum Gasteiger partial charge on any atom is -0.398 e. The van der Waals surface area contributed by atoms with Gasteiger partial charge in [0.15, 0.2) is 5.82 Å². The summed E-state index contributed by atoms with van der Waals surface area (Å²) in [5, 5.41) is 11.9. The molecule has 0 aliphatic heterocycles. The summed E-state index contributed by atoms with van der Waals surface area (Å²) in [6.45, 7) is 2.69. The van der Waals surface area contributed by atoms with Gasteiger partial charge in [0, 0.05) is 11.3 Å². The molecule has 0 spiro atoms. The van der Waals surface area contributed by atoms with E-state index < -0.39 is 0 Å². The van der Waals surface area contributed by atoms with Crippen molar-refractivity contribution in [2.45, 2.75) is 13.5 Å². The second kappa shape index (κ2) is 5.13. The van der Waals surface area contributed by atoms with Gasteiger partial charge in [0.2, 0.25) is 0 Å². The molecule has 0 atom stereocenters. The second-order valence-electron chi connectivity index (χ2n) is 4.74. The zero-order valence-corrected chi connectivity index (χ0v) is 11.2. The molecule has 0 aliphatic rings. The first-order valence-corrected chi connectivity index (χ1v) is 6.40. The number of nitrogens with zero attached hydrogens (tertiary/aromatic N) is 4. The molecule has 0 aliphatic carbocycles. The predicted octanol–water partition coefficient (Wildman–Crippen LogP) is 2.28. The molecular weight excluding hydrogens is 250 g/mol. The van der Waals surface area contributed by atoms with E-state index in [-0.39, 0.29) is 0 Å². The van der Waals surface area contributed by atoms with Crippen molar-refractivity contribution in [2.75, 3.05) is 5.73 Å². The Hall–Kier alpha value is -2.69. The summed E-state index contributed by atoms with van der Waals surface area (Å²) >= 11 is 0. The van der Waals surface area contributed by atoms with Crippen LogP contribution in [0.1, 0.15) is 11.1 Å². The molecule has 0 saturated carbocycles. The van der Waals surface area contributed by atoms with Gasteiger partial charge >= 0.3 is 0 Å². The molecule has 5 heteroatoms. The molecule has 5 nitrogen and oxygen atoms in total. The number of anilines is 1. The third kappa shape index (κ3) is 2.38. The number of nitrogen functional groups attached to an aromatic ring is 1. The summed E-state index contributed by atoms with van der Waals surface area (Å²) in [6, 6.07) is 15.9. The first-order chi connectivity index (χ1) is 9.74. The number of hydrogen-bond acceptors (Lipinski definition) is 4. The average Bonchev–Trinajstić information content (AvgIpc) is 2.87. The van der Waals surface area contributed by atoms with Crippen molar-refractivity contribution in [3.05, 3.63) is 59.7 Å². The topological polar surface area (TPSA) is 69.6 Å². The van der Waals surface area contributed by atoms with Crippen LogP contribution in [0.25, 0.3) is 11.4 Å². The van der Waals surface area contributed by atoms with Gasteiger partial charge in [-0.1, -0.05) is 42.0 Å². The lowest BCUT2D eigenvalue weighted by molar-refractivity contribution is 0.653. The van der Waals surface area contributed by atoms with Crippen LogP contribution in [-0.2, 0) is 6.54 Å². The fraction of sp³-hybridized carbons (Fsp3) is 0.133. The van der Waals surface area contributed by atoms with Gasteiger partial charge in [-0.2, -0.15) is 0 Å². The van der Waals surface area contributed by atoms with E-state index in [0.29, 0.717) is 18.1 Å². The van der Waals surface area contributed by atoms with Crippen LogP contribution < -0.4 is 5.73 Å². The van der Waals surface area contributed by atoms with Gasteiger partial charge in [-0.3, -0.25) is 0 Å². The summed E-state index contributed by atoms with van der Waals surface area (Å²) in [4.78, 5) is 0. The molecule has 3 aromatic rings. The molecular formula is C15H15N5. The van der Waals surface area contributed by atoms with Crippen LogP contribution in [0.4, 0.5) is 5.69 Å². The van der Waals surface area contributed by atoms with Gasteiger partial charge in [0.25, 0.3) is 0 Å². The zero-order chi connectivity index (χ0) is 13.9. The normalized spacial score (nSPS) is 10.7. The Balaban J connectivity index is 1.97. The van der Waals surface area contributed by atoms with Gasteiger partial charge in [0.05, 0.1) is 6.54 Å². The van der Waals surface area contributed by atoms with Crippen LogP contribution in [0.5, 0.6) is 0 Å². The van der Waals surface area contributed by atoms with E-state index in [1.165, 1.54) is 5.56 Å². The van der Waals surface area contributed by atoms with Crippen molar-refractivity contribution in [1.29, 1.82) is 0 Å². The molecule has 0 radical (unpaired) electrons. The van der Waals surface area contributed by atoms with Gasteiger partial charge in [-0.15, -0.1) is 5.10 Å². The Morgan fingerprint density at radius 2 is 1.95 bits per heavy atom. The number of benzene rings is 2. The van der Waals surface area contributed by atoms with Crippen LogP contribution in [0.2, 0.25) is 0 Å². The second-order valence-corrected chi connectivity index (χ2v) is 4.74. The SMILES string of the molecule is Cc1cccc(Cn2nnnc2-c2ccccc2N)c1. The summed E-state index contributed by atoms with van der Waals surface area (Å²) in [5.74, 6) is 0.685. The number of hydrogen-bond donors (Lipinski definition) is 1. The van der Waals surface area contributed by atoms with Crippen molar-refractivity contribution in [1.82, 2.24) is 20.2 Å². The molecule has 3 rings (SSSR count). The number of tetrazole rings is 1. The monoisotopic (exact) mass is 265 g/mol. The Morgan fingerprint density at radius 1 is 1.10 bits per heavy atom. The Bertz CT molecular complexity index is 732. The van der Waals surface area contributed by atoms with Crippen molar-refractivity contribution < 1.29 is 0 Å². The summed E-state index contributed by atoms with van der Waals surface area (Å²) < 4.78 is 1.76. The molecule has 1 heterocycles. The van der Waals surface area contributed by atoms with Crippen LogP contribution in [0.3, 0.4) is 0 Å². The van der Waals surface area contributed by atoms with Crippen LogP contribution >= 0.6 is 0 Å². The number of aryl methyl sites for hydroxylation is 1. The maximum atomic E-state index is 5.99. The van der Waals surface area contributed by atoms with Crippen molar-refractivity contribution in [3.63, 3.8) is 0 Å². The molecule has 2 aromatic carbocycles. The van der Waals surface area contributed by atoms with E-state index >= 15 is 0 Å². The first kappa shape index (κ1) is 12.3. The quantitative estimate of drug-likeness (QED) is 0.738. The van der Waals surface area contributed by atoms with Crippen molar-refractivity contribution >= 4 is 5.69 Å². The molecule has 100 valence electrons. The molecule has 2 N–H and O–H groups in total. The van der Waals surface area contributed by atoms with Crippen LogP contribution in [0.15, 0.2) is 48.5 Å². The van der Waals surface area contributed by atoms with E-state index in [0.717, 1.165) is 11.1 Å². The molecule has 1 aromatic heterocycles. The highest BCUT2D eigenvalue weighted by Crippen LogP contribution is 2.23. The Morgan fingerprint density at radius 3 is 2.75 bits per heavy atom. The average molecular weight is 265 g/mol. The van der Waals surface area contributed by atoms with Crippen LogP contribution in [0, 0.1) is 6.92 Å². The lowest BCUT2D eigenvalue weighted by Crippen LogP contribution is -2.05. The third-order valence-electron chi connectivity index (χ3n) is 3.15. The molecule has 0 bridgehead atoms. The smallest absolute Gasteiger partial charge is 0.184 e. The predicted molar refractivity (Wildman–Crippen MR) is 77.9 cm³/mol. The highest BCUT2D eigenvalue weighted by Gasteiger charge is 2.11. The highest BCUT2D eigenvalue weighted by atomic mass is 15.5. The molecule has 0 amide bonds. The maximum absolute atomic E-state index is 5.99. The Labute approximate surface area is 117 Å². The number of rotatable bonds is 3. The summed E-state index contributed by atoms with van der Waals surface area (Å²) in [6.07, 6.45) is 0. The Kier molecular flexibility index (Phi) is 3.16. The zero-order valence-electron chi connectivity index (χ0n) is 11.2. The minimum atomic E-state index is 0.623. The lowest BCUT2D eigenvalue weighted by atomic mass is 10.1. The number of para-hydroxylation sites is 1. The number of nitrogens with two attached hydrogens (primary N) is 1. The van der Waals surface area contributed by atoms with E-state index in [2.05, 4.69) is 40.6 Å². The van der Waals surface area contributed by atoms with Crippen molar-refractivity contribution in [2.24, 2.45) is 0 Å². The van der Waals surface area contributed by atoms with Gasteiger partial charge in [-0.25, -0.2) is 4.68 Å². The lowest BCUT2D eigenvalue weighted by Gasteiger charge is -2.07. The molecule has 0 fully saturated rings. The summed E-state index contributed by atoms with van der Waals surface area (Å²) in [7, 11) is 0.